The maximum Gasteiger partial charge on any atom is 0.256 e. The van der Waals surface area contributed by atoms with Crippen LogP contribution in [0.1, 0.15) is 52.9 Å². The third kappa shape index (κ3) is 7.56. The molecule has 6 heteroatoms. The predicted molar refractivity (Wildman–Crippen MR) is 98.6 cm³/mol. The summed E-state index contributed by atoms with van der Waals surface area (Å²) in [6.45, 7) is 6.38. The summed E-state index contributed by atoms with van der Waals surface area (Å²) in [5.41, 5.74) is 4.85. The number of unbranched alkanes of at least 4 members (excludes halogenated alkanes) is 2. The van der Waals surface area contributed by atoms with E-state index < -0.39 is 11.5 Å². The molecule has 140 valence electrons. The van der Waals surface area contributed by atoms with Crippen LogP contribution in [-0.2, 0) is 14.3 Å². The third-order valence-electron chi connectivity index (χ3n) is 3.86. The van der Waals surface area contributed by atoms with Crippen molar-refractivity contribution in [1.29, 1.82) is 0 Å². The van der Waals surface area contributed by atoms with E-state index >= 15 is 0 Å². The van der Waals surface area contributed by atoms with Crippen LogP contribution in [-0.4, -0.2) is 30.6 Å². The monoisotopic (exact) mass is 350 g/mol. The third-order valence-corrected chi connectivity index (χ3v) is 3.86. The van der Waals surface area contributed by atoms with E-state index in [-0.39, 0.29) is 12.5 Å². The van der Waals surface area contributed by atoms with Crippen LogP contribution in [0.4, 0.5) is 5.69 Å². The molecule has 2 amide bonds. The van der Waals surface area contributed by atoms with Crippen LogP contribution in [0.15, 0.2) is 24.3 Å². The van der Waals surface area contributed by atoms with Crippen molar-refractivity contribution in [3.8, 4) is 5.75 Å². The smallest absolute Gasteiger partial charge is 0.256 e. The first-order valence-corrected chi connectivity index (χ1v) is 8.88. The van der Waals surface area contributed by atoms with E-state index in [2.05, 4.69) is 12.2 Å². The first kappa shape index (κ1) is 21.0. The minimum Gasteiger partial charge on any atom is -0.484 e. The second-order valence-corrected chi connectivity index (χ2v) is 6.27. The molecule has 0 aliphatic carbocycles. The Morgan fingerprint density at radius 1 is 1.12 bits per heavy atom. The number of amides is 2. The molecular formula is C19H30N2O4. The van der Waals surface area contributed by atoms with Crippen molar-refractivity contribution in [3.05, 3.63) is 24.3 Å². The van der Waals surface area contributed by atoms with Crippen LogP contribution in [0.5, 0.6) is 5.75 Å². The van der Waals surface area contributed by atoms with Crippen LogP contribution in [0.25, 0.3) is 0 Å². The molecule has 0 saturated heterocycles. The lowest BCUT2D eigenvalue weighted by Crippen LogP contribution is -2.43. The Morgan fingerprint density at radius 2 is 1.80 bits per heavy atom. The summed E-state index contributed by atoms with van der Waals surface area (Å²) in [4.78, 5) is 23.4. The standard InChI is InChI=1S/C19H30N2O4/c1-4-6-7-12-19(3,25-13-5-2)18(23)21-15-8-10-16(11-9-15)24-14-17(20)22/h8-11H,4-7,12-14H2,1-3H3,(H2,20,22)(H,21,23). The van der Waals surface area contributed by atoms with Gasteiger partial charge in [0.25, 0.3) is 11.8 Å². The second kappa shape index (κ2) is 10.7. The Kier molecular flexibility index (Phi) is 8.99. The molecule has 1 rings (SSSR count). The molecule has 1 aromatic carbocycles. The molecule has 3 N–H and O–H groups in total. The van der Waals surface area contributed by atoms with E-state index in [1.807, 2.05) is 13.8 Å². The fourth-order valence-electron chi connectivity index (χ4n) is 2.34. The molecule has 1 aromatic rings. The number of hydrogen-bond acceptors (Lipinski definition) is 4. The van der Waals surface area contributed by atoms with Gasteiger partial charge >= 0.3 is 0 Å². The van der Waals surface area contributed by atoms with Gasteiger partial charge in [-0.25, -0.2) is 0 Å². The van der Waals surface area contributed by atoms with E-state index in [4.69, 9.17) is 15.2 Å². The van der Waals surface area contributed by atoms with E-state index in [9.17, 15) is 9.59 Å². The number of ether oxygens (including phenoxy) is 2. The molecule has 0 radical (unpaired) electrons. The predicted octanol–water partition coefficient (Wildman–Crippen LogP) is 3.25. The van der Waals surface area contributed by atoms with Crippen LogP contribution < -0.4 is 15.8 Å². The Labute approximate surface area is 150 Å². The van der Waals surface area contributed by atoms with Crippen molar-refractivity contribution in [2.24, 2.45) is 5.73 Å². The van der Waals surface area contributed by atoms with Crippen molar-refractivity contribution in [2.75, 3.05) is 18.5 Å². The zero-order valence-corrected chi connectivity index (χ0v) is 15.5. The average molecular weight is 350 g/mol. The van der Waals surface area contributed by atoms with Crippen molar-refractivity contribution in [2.45, 2.75) is 58.5 Å². The van der Waals surface area contributed by atoms with Gasteiger partial charge in [0.15, 0.2) is 6.61 Å². The number of carbonyl (C=O) groups is 2. The lowest BCUT2D eigenvalue weighted by molar-refractivity contribution is -0.140. The van der Waals surface area contributed by atoms with Gasteiger partial charge in [-0.05, 0) is 44.0 Å². The number of hydrogen-bond donors (Lipinski definition) is 2. The van der Waals surface area contributed by atoms with Gasteiger partial charge in [-0.2, -0.15) is 0 Å². The number of nitrogens with two attached hydrogens (primary N) is 1. The average Bonchev–Trinajstić information content (AvgIpc) is 2.59. The number of carbonyl (C=O) groups excluding carboxylic acids is 2. The van der Waals surface area contributed by atoms with Gasteiger partial charge in [-0.3, -0.25) is 9.59 Å². The largest absolute Gasteiger partial charge is 0.484 e. The van der Waals surface area contributed by atoms with Gasteiger partial charge in [0.2, 0.25) is 0 Å². The summed E-state index contributed by atoms with van der Waals surface area (Å²) in [5, 5.41) is 2.90. The Hall–Kier alpha value is -2.08. The Morgan fingerprint density at radius 3 is 2.36 bits per heavy atom. The first-order valence-electron chi connectivity index (χ1n) is 8.88. The van der Waals surface area contributed by atoms with Gasteiger partial charge in [0.05, 0.1) is 0 Å². The zero-order valence-electron chi connectivity index (χ0n) is 15.5. The Bertz CT molecular complexity index is 545. The maximum atomic E-state index is 12.7. The Balaban J connectivity index is 2.69. The highest BCUT2D eigenvalue weighted by Gasteiger charge is 2.33. The van der Waals surface area contributed by atoms with Crippen molar-refractivity contribution in [1.82, 2.24) is 0 Å². The molecule has 0 heterocycles. The second-order valence-electron chi connectivity index (χ2n) is 6.27. The highest BCUT2D eigenvalue weighted by atomic mass is 16.5. The highest BCUT2D eigenvalue weighted by Crippen LogP contribution is 2.23. The van der Waals surface area contributed by atoms with Crippen molar-refractivity contribution >= 4 is 17.5 Å². The number of rotatable bonds is 12. The molecule has 0 aliphatic heterocycles. The van der Waals surface area contributed by atoms with Crippen LogP contribution >= 0.6 is 0 Å². The summed E-state index contributed by atoms with van der Waals surface area (Å²) < 4.78 is 11.1. The summed E-state index contributed by atoms with van der Waals surface area (Å²) in [6.07, 6.45) is 4.67. The van der Waals surface area contributed by atoms with Crippen LogP contribution in [0.3, 0.4) is 0 Å². The minimum atomic E-state index is -0.841. The quantitative estimate of drug-likeness (QED) is 0.566. The molecule has 1 atom stereocenters. The zero-order chi connectivity index (χ0) is 18.7. The molecule has 0 aliphatic rings. The lowest BCUT2D eigenvalue weighted by atomic mass is 9.96. The normalized spacial score (nSPS) is 13.1. The molecular weight excluding hydrogens is 320 g/mol. The molecule has 0 fully saturated rings. The van der Waals surface area contributed by atoms with Crippen molar-refractivity contribution < 1.29 is 19.1 Å². The van der Waals surface area contributed by atoms with E-state index in [1.165, 1.54) is 0 Å². The number of primary amides is 1. The van der Waals surface area contributed by atoms with Gasteiger partial charge in [0.1, 0.15) is 11.4 Å². The van der Waals surface area contributed by atoms with Gasteiger partial charge in [0, 0.05) is 12.3 Å². The number of benzene rings is 1. The van der Waals surface area contributed by atoms with Crippen LogP contribution in [0, 0.1) is 0 Å². The molecule has 6 nitrogen and oxygen atoms in total. The molecule has 0 aromatic heterocycles. The topological polar surface area (TPSA) is 90.7 Å². The van der Waals surface area contributed by atoms with Crippen LogP contribution in [0.2, 0.25) is 0 Å². The fraction of sp³-hybridized carbons (Fsp3) is 0.579. The van der Waals surface area contributed by atoms with Gasteiger partial charge in [-0.15, -0.1) is 0 Å². The van der Waals surface area contributed by atoms with E-state index in [1.54, 1.807) is 24.3 Å². The molecule has 0 spiro atoms. The maximum absolute atomic E-state index is 12.7. The highest BCUT2D eigenvalue weighted by molar-refractivity contribution is 5.97. The molecule has 0 saturated carbocycles. The van der Waals surface area contributed by atoms with Gasteiger partial charge in [-0.1, -0.05) is 33.1 Å². The SMILES string of the molecule is CCCCCC(C)(OCCC)C(=O)Nc1ccc(OCC(N)=O)cc1. The van der Waals surface area contributed by atoms with Gasteiger partial charge < -0.3 is 20.5 Å². The summed E-state index contributed by atoms with van der Waals surface area (Å²) >= 11 is 0. The van der Waals surface area contributed by atoms with E-state index in [0.717, 1.165) is 25.7 Å². The molecule has 0 bridgehead atoms. The fourth-order valence-corrected chi connectivity index (χ4v) is 2.34. The lowest BCUT2D eigenvalue weighted by Gasteiger charge is -2.28. The first-order chi connectivity index (χ1) is 11.9. The number of anilines is 1. The van der Waals surface area contributed by atoms with E-state index in [0.29, 0.717) is 24.5 Å². The molecule has 25 heavy (non-hydrogen) atoms. The molecule has 1 unspecified atom stereocenters. The summed E-state index contributed by atoms with van der Waals surface area (Å²) in [6, 6.07) is 6.81. The summed E-state index contributed by atoms with van der Waals surface area (Å²) in [7, 11) is 0. The van der Waals surface area contributed by atoms with Crippen molar-refractivity contribution in [3.63, 3.8) is 0 Å². The number of nitrogens with one attached hydrogen (secondary N) is 1. The minimum absolute atomic E-state index is 0.150. The summed E-state index contributed by atoms with van der Waals surface area (Å²) in [5.74, 6) is -0.166.